The minimum atomic E-state index is -0.518. The maximum absolute atomic E-state index is 12.1. The van der Waals surface area contributed by atoms with E-state index in [0.29, 0.717) is 34.9 Å². The van der Waals surface area contributed by atoms with Gasteiger partial charge in [-0.2, -0.15) is 0 Å². The van der Waals surface area contributed by atoms with E-state index < -0.39 is 10.7 Å². The lowest BCUT2D eigenvalue weighted by Crippen LogP contribution is -2.14. The van der Waals surface area contributed by atoms with Crippen LogP contribution in [0.3, 0.4) is 0 Å². The van der Waals surface area contributed by atoms with Gasteiger partial charge < -0.3 is 9.73 Å². The molecule has 0 saturated heterocycles. The highest BCUT2D eigenvalue weighted by Gasteiger charge is 2.14. The van der Waals surface area contributed by atoms with Gasteiger partial charge >= 0.3 is 5.76 Å². The van der Waals surface area contributed by atoms with E-state index in [4.69, 9.17) is 4.42 Å². The number of nitro benzene ring substituents is 1. The highest BCUT2D eigenvalue weighted by Crippen LogP contribution is 2.28. The number of fused-ring (bicyclic) bond motifs is 1. The number of oxazole rings is 1. The molecule has 0 radical (unpaired) electrons. The molecule has 0 fully saturated rings. The maximum Gasteiger partial charge on any atom is 0.419 e. The number of para-hydroxylation sites is 1. The summed E-state index contributed by atoms with van der Waals surface area (Å²) in [5, 5.41) is 23.1. The second-order valence-electron chi connectivity index (χ2n) is 5.99. The van der Waals surface area contributed by atoms with Gasteiger partial charge in [0.1, 0.15) is 0 Å². The Balaban J connectivity index is 1.35. The van der Waals surface area contributed by atoms with Gasteiger partial charge in [-0.05, 0) is 24.6 Å². The molecular weight excluding hydrogens is 414 g/mol. The van der Waals surface area contributed by atoms with Crippen molar-refractivity contribution in [3.63, 3.8) is 0 Å². The first-order valence-corrected chi connectivity index (χ1v) is 10.5. The topological polar surface area (TPSA) is 116 Å². The molecule has 0 amide bonds. The van der Waals surface area contributed by atoms with Crippen LogP contribution < -0.4 is 11.1 Å². The molecule has 148 valence electrons. The number of non-ortho nitro benzene ring substituents is 1. The van der Waals surface area contributed by atoms with E-state index in [1.807, 2.05) is 30.3 Å². The van der Waals surface area contributed by atoms with E-state index >= 15 is 0 Å². The summed E-state index contributed by atoms with van der Waals surface area (Å²) in [7, 11) is 0. The van der Waals surface area contributed by atoms with Crippen molar-refractivity contribution in [3.05, 3.63) is 69.2 Å². The van der Waals surface area contributed by atoms with Crippen LogP contribution in [0.5, 0.6) is 0 Å². The predicted molar refractivity (Wildman–Crippen MR) is 112 cm³/mol. The Morgan fingerprint density at radius 2 is 2.03 bits per heavy atom. The van der Waals surface area contributed by atoms with Crippen molar-refractivity contribution in [2.45, 2.75) is 17.3 Å². The molecular formula is C18H15N5O4S2. The summed E-state index contributed by atoms with van der Waals surface area (Å²) in [6, 6.07) is 13.9. The van der Waals surface area contributed by atoms with Gasteiger partial charge in [0, 0.05) is 30.1 Å². The molecule has 4 aromatic rings. The zero-order valence-electron chi connectivity index (χ0n) is 15.0. The van der Waals surface area contributed by atoms with Crippen molar-refractivity contribution in [1.29, 1.82) is 0 Å². The van der Waals surface area contributed by atoms with Crippen molar-refractivity contribution in [3.8, 4) is 0 Å². The fourth-order valence-electron chi connectivity index (χ4n) is 2.72. The summed E-state index contributed by atoms with van der Waals surface area (Å²) in [6.45, 7) is 0.397. The summed E-state index contributed by atoms with van der Waals surface area (Å²) >= 11 is 3.00. The van der Waals surface area contributed by atoms with Crippen LogP contribution in [0.25, 0.3) is 11.1 Å². The minimum Gasteiger partial charge on any atom is -0.408 e. The Kier molecular flexibility index (Phi) is 5.58. The largest absolute Gasteiger partial charge is 0.419 e. The van der Waals surface area contributed by atoms with E-state index in [1.165, 1.54) is 34.1 Å². The van der Waals surface area contributed by atoms with Crippen molar-refractivity contribution < 1.29 is 9.34 Å². The molecule has 0 atom stereocenters. The second kappa shape index (κ2) is 8.45. The molecule has 2 heterocycles. The quantitative estimate of drug-likeness (QED) is 0.191. The first-order valence-electron chi connectivity index (χ1n) is 8.66. The van der Waals surface area contributed by atoms with Gasteiger partial charge in [0.15, 0.2) is 9.92 Å². The fourth-order valence-corrected chi connectivity index (χ4v) is 4.49. The molecule has 0 unspecified atom stereocenters. The fraction of sp³-hybridized carbons (Fsp3) is 0.167. The van der Waals surface area contributed by atoms with Gasteiger partial charge in [-0.25, -0.2) is 4.79 Å². The number of aromatic nitrogens is 3. The first-order chi connectivity index (χ1) is 14.1. The zero-order valence-corrected chi connectivity index (χ0v) is 16.6. The highest BCUT2D eigenvalue weighted by atomic mass is 32.2. The smallest absolute Gasteiger partial charge is 0.408 e. The van der Waals surface area contributed by atoms with Crippen molar-refractivity contribution >= 4 is 50.7 Å². The Hall–Kier alpha value is -3.18. The SMILES string of the molecule is O=c1oc2ccc([N+](=O)[O-])cc2n1CCCSc1nnc(Nc2ccccc2)s1. The summed E-state index contributed by atoms with van der Waals surface area (Å²) in [4.78, 5) is 22.5. The highest BCUT2D eigenvalue weighted by molar-refractivity contribution is 8.01. The molecule has 2 aromatic carbocycles. The molecule has 0 aliphatic heterocycles. The van der Waals surface area contributed by atoms with Crippen LogP contribution in [0.15, 0.2) is 62.1 Å². The van der Waals surface area contributed by atoms with E-state index in [1.54, 1.807) is 11.8 Å². The number of thioether (sulfide) groups is 1. The number of anilines is 2. The standard InChI is InChI=1S/C18H15N5O4S2/c24-18-22(14-11-13(23(25)26)7-8-15(14)27-18)9-4-10-28-17-21-20-16(29-17)19-12-5-2-1-3-6-12/h1-3,5-8,11H,4,9-10H2,(H,19,20). The summed E-state index contributed by atoms with van der Waals surface area (Å²) in [6.07, 6.45) is 0.670. The van der Waals surface area contributed by atoms with E-state index in [2.05, 4.69) is 15.5 Å². The van der Waals surface area contributed by atoms with Crippen LogP contribution in [-0.4, -0.2) is 25.4 Å². The average molecular weight is 429 g/mol. The maximum atomic E-state index is 12.1. The van der Waals surface area contributed by atoms with Gasteiger partial charge in [0.05, 0.1) is 10.4 Å². The molecule has 11 heteroatoms. The number of nitrogens with zero attached hydrogens (tertiary/aromatic N) is 4. The molecule has 4 rings (SSSR count). The third-order valence-electron chi connectivity index (χ3n) is 4.04. The van der Waals surface area contributed by atoms with Gasteiger partial charge in [0.25, 0.3) is 5.69 Å². The summed E-state index contributed by atoms with van der Waals surface area (Å²) in [5.41, 5.74) is 1.64. The lowest BCUT2D eigenvalue weighted by Gasteiger charge is -2.01. The summed E-state index contributed by atoms with van der Waals surface area (Å²) in [5.74, 6) is 0.198. The molecule has 0 aliphatic carbocycles. The van der Waals surface area contributed by atoms with Gasteiger partial charge in [-0.15, -0.1) is 10.2 Å². The third kappa shape index (κ3) is 4.46. The van der Waals surface area contributed by atoms with Gasteiger partial charge in [0.2, 0.25) is 5.13 Å². The van der Waals surface area contributed by atoms with Crippen LogP contribution in [0.4, 0.5) is 16.5 Å². The average Bonchev–Trinajstić information content (AvgIpc) is 3.29. The van der Waals surface area contributed by atoms with Crippen molar-refractivity contribution in [1.82, 2.24) is 14.8 Å². The Morgan fingerprint density at radius 1 is 1.21 bits per heavy atom. The van der Waals surface area contributed by atoms with Crippen LogP contribution in [0.2, 0.25) is 0 Å². The van der Waals surface area contributed by atoms with Gasteiger partial charge in [-0.3, -0.25) is 14.7 Å². The number of nitrogens with one attached hydrogen (secondary N) is 1. The lowest BCUT2D eigenvalue weighted by molar-refractivity contribution is -0.384. The van der Waals surface area contributed by atoms with Crippen LogP contribution in [0, 0.1) is 10.1 Å². The number of benzene rings is 2. The Morgan fingerprint density at radius 3 is 2.83 bits per heavy atom. The molecule has 0 bridgehead atoms. The van der Waals surface area contributed by atoms with E-state index in [-0.39, 0.29) is 5.69 Å². The molecule has 2 aromatic heterocycles. The van der Waals surface area contributed by atoms with Crippen molar-refractivity contribution in [2.75, 3.05) is 11.1 Å². The number of rotatable bonds is 8. The molecule has 1 N–H and O–H groups in total. The number of hydrogen-bond acceptors (Lipinski definition) is 9. The predicted octanol–water partition coefficient (Wildman–Crippen LogP) is 4.28. The second-order valence-corrected chi connectivity index (χ2v) is 8.31. The van der Waals surface area contributed by atoms with E-state index in [9.17, 15) is 14.9 Å². The summed E-state index contributed by atoms with van der Waals surface area (Å²) < 4.78 is 7.40. The van der Waals surface area contributed by atoms with Crippen LogP contribution in [-0.2, 0) is 6.54 Å². The Bertz CT molecular complexity index is 1200. The van der Waals surface area contributed by atoms with Gasteiger partial charge in [-0.1, -0.05) is 41.3 Å². The monoisotopic (exact) mass is 429 g/mol. The first kappa shape index (κ1) is 19.2. The van der Waals surface area contributed by atoms with Crippen molar-refractivity contribution in [2.24, 2.45) is 0 Å². The molecule has 0 saturated carbocycles. The lowest BCUT2D eigenvalue weighted by atomic mass is 10.3. The van der Waals surface area contributed by atoms with Crippen LogP contribution >= 0.6 is 23.1 Å². The molecule has 9 nitrogen and oxygen atoms in total. The molecule has 0 spiro atoms. The molecule has 29 heavy (non-hydrogen) atoms. The molecule has 0 aliphatic rings. The minimum absolute atomic E-state index is 0.0752. The zero-order chi connectivity index (χ0) is 20.2. The Labute approximate surface area is 172 Å². The number of aryl methyl sites for hydroxylation is 1. The van der Waals surface area contributed by atoms with Crippen LogP contribution in [0.1, 0.15) is 6.42 Å². The third-order valence-corrected chi connectivity index (χ3v) is 6.10. The van der Waals surface area contributed by atoms with E-state index in [0.717, 1.165) is 10.0 Å². The number of nitro groups is 1. The normalized spacial score (nSPS) is 11.0. The number of hydrogen-bond donors (Lipinski definition) is 1.